The van der Waals surface area contributed by atoms with Crippen molar-refractivity contribution in [1.29, 1.82) is 5.26 Å². The van der Waals surface area contributed by atoms with Crippen LogP contribution in [0.3, 0.4) is 0 Å². The van der Waals surface area contributed by atoms with E-state index in [9.17, 15) is 24.9 Å². The quantitative estimate of drug-likeness (QED) is 0.231. The van der Waals surface area contributed by atoms with Crippen LogP contribution in [0.15, 0.2) is 46.6 Å². The predicted molar refractivity (Wildman–Crippen MR) is 145 cm³/mol. The Morgan fingerprint density at radius 3 is 2.67 bits per heavy atom. The monoisotopic (exact) mass is 554 g/mol. The number of fused-ring (bicyclic) bond motifs is 1. The van der Waals surface area contributed by atoms with Gasteiger partial charge in [-0.25, -0.2) is 4.79 Å². The highest BCUT2D eigenvalue weighted by molar-refractivity contribution is 6.43. The first-order chi connectivity index (χ1) is 19.2. The number of para-hydroxylation sites is 1. The summed E-state index contributed by atoms with van der Waals surface area (Å²) >= 11 is 0. The number of rotatable bonds is 9. The maximum absolute atomic E-state index is 13.4. The van der Waals surface area contributed by atoms with Gasteiger partial charge in [0.1, 0.15) is 23.8 Å². The molecule has 13 heteroatoms. The fraction of sp³-hybridized carbons (Fsp3) is 0.519. The van der Waals surface area contributed by atoms with Gasteiger partial charge in [0.15, 0.2) is 0 Å². The minimum atomic E-state index is -1.85. The minimum Gasteiger partial charge on any atom is -0.464 e. The van der Waals surface area contributed by atoms with Crippen molar-refractivity contribution in [2.45, 2.75) is 37.8 Å². The molecule has 4 rings (SSSR count). The number of nitrogens with one attached hydrogen (secondary N) is 1. The van der Waals surface area contributed by atoms with Crippen LogP contribution in [0.1, 0.15) is 19.4 Å². The number of hydrogen-bond acceptors (Lipinski definition) is 10. The first-order valence-corrected chi connectivity index (χ1v) is 13.3. The second-order valence-electron chi connectivity index (χ2n) is 10.4. The van der Waals surface area contributed by atoms with E-state index >= 15 is 0 Å². The molecular formula is C27H35BN4O8. The third kappa shape index (κ3) is 7.21. The summed E-state index contributed by atoms with van der Waals surface area (Å²) in [7, 11) is -1.85. The Kier molecular flexibility index (Phi) is 9.83. The van der Waals surface area contributed by atoms with Crippen molar-refractivity contribution in [3.63, 3.8) is 0 Å². The second kappa shape index (κ2) is 13.3. The van der Waals surface area contributed by atoms with Crippen molar-refractivity contribution in [3.8, 4) is 6.07 Å². The fourth-order valence-corrected chi connectivity index (χ4v) is 4.96. The Labute approximate surface area is 233 Å². The Bertz CT molecular complexity index is 1250. The number of carbonyl (C=O) groups is 2. The van der Waals surface area contributed by atoms with E-state index in [1.807, 2.05) is 38.1 Å². The number of benzene rings is 1. The summed E-state index contributed by atoms with van der Waals surface area (Å²) in [4.78, 5) is 29.7. The first kappa shape index (κ1) is 29.6. The van der Waals surface area contributed by atoms with Crippen molar-refractivity contribution in [2.75, 3.05) is 52.7 Å². The lowest BCUT2D eigenvalue weighted by atomic mass is 9.76. The van der Waals surface area contributed by atoms with E-state index in [4.69, 9.17) is 18.6 Å². The zero-order valence-corrected chi connectivity index (χ0v) is 22.7. The SMILES string of the molecule is CC(C)(/C=C(\C#N)C(=O)N1CCOC[C@@H]1COC(=O)N[C@@H](Cc1coc2ccccc12)B(O)O)N1CCOCC1. The van der Waals surface area contributed by atoms with Gasteiger partial charge in [0.25, 0.3) is 5.91 Å². The normalized spacial score (nSPS) is 19.6. The number of carbonyl (C=O) groups excluding carboxylic acids is 2. The summed E-state index contributed by atoms with van der Waals surface area (Å²) in [5.41, 5.74) is 0.807. The summed E-state index contributed by atoms with van der Waals surface area (Å²) in [6, 6.07) is 8.72. The highest BCUT2D eigenvalue weighted by Crippen LogP contribution is 2.23. The Morgan fingerprint density at radius 2 is 1.95 bits per heavy atom. The molecule has 2 saturated heterocycles. The van der Waals surface area contributed by atoms with Crippen LogP contribution >= 0.6 is 0 Å². The summed E-state index contributed by atoms with van der Waals surface area (Å²) in [5.74, 6) is -1.53. The van der Waals surface area contributed by atoms with Gasteiger partial charge < -0.3 is 38.9 Å². The average molecular weight is 554 g/mol. The lowest BCUT2D eigenvalue weighted by Crippen LogP contribution is -2.53. The number of morpholine rings is 2. The van der Waals surface area contributed by atoms with Crippen LogP contribution in [0.2, 0.25) is 0 Å². The molecule has 0 aliphatic carbocycles. The third-order valence-electron chi connectivity index (χ3n) is 7.23. The molecule has 0 radical (unpaired) electrons. The number of amides is 2. The molecule has 2 aliphatic rings. The van der Waals surface area contributed by atoms with Crippen LogP contribution in [-0.4, -0.2) is 109 Å². The highest BCUT2D eigenvalue weighted by atomic mass is 16.6. The van der Waals surface area contributed by atoms with Crippen molar-refractivity contribution >= 4 is 30.1 Å². The molecule has 2 aromatic rings. The molecule has 2 atom stereocenters. The number of nitrogens with zero attached hydrogens (tertiary/aromatic N) is 3. The van der Waals surface area contributed by atoms with E-state index in [-0.39, 0.29) is 38.4 Å². The van der Waals surface area contributed by atoms with E-state index in [0.29, 0.717) is 37.4 Å². The molecule has 0 unspecified atom stereocenters. The van der Waals surface area contributed by atoms with Crippen molar-refractivity contribution in [1.82, 2.24) is 15.1 Å². The van der Waals surface area contributed by atoms with Gasteiger partial charge in [0, 0.05) is 30.6 Å². The van der Waals surface area contributed by atoms with Gasteiger partial charge in [-0.05, 0) is 38.0 Å². The molecule has 3 heterocycles. The molecular weight excluding hydrogens is 519 g/mol. The van der Waals surface area contributed by atoms with E-state index in [2.05, 4.69) is 10.2 Å². The molecule has 1 aromatic heterocycles. The van der Waals surface area contributed by atoms with Crippen LogP contribution in [-0.2, 0) is 25.4 Å². The van der Waals surface area contributed by atoms with Crippen LogP contribution in [0.4, 0.5) is 4.79 Å². The Morgan fingerprint density at radius 1 is 1.23 bits per heavy atom. The van der Waals surface area contributed by atoms with E-state index in [0.717, 1.165) is 5.39 Å². The number of nitriles is 1. The predicted octanol–water partition coefficient (Wildman–Crippen LogP) is 0.870. The summed E-state index contributed by atoms with van der Waals surface area (Å²) in [5, 5.41) is 32.9. The molecule has 40 heavy (non-hydrogen) atoms. The molecule has 2 aliphatic heterocycles. The van der Waals surface area contributed by atoms with Crippen molar-refractivity contribution in [3.05, 3.63) is 47.7 Å². The fourth-order valence-electron chi connectivity index (χ4n) is 4.96. The van der Waals surface area contributed by atoms with Crippen LogP contribution in [0, 0.1) is 11.3 Å². The van der Waals surface area contributed by atoms with Gasteiger partial charge in [-0.3, -0.25) is 9.69 Å². The van der Waals surface area contributed by atoms with Gasteiger partial charge in [0.05, 0.1) is 44.7 Å². The topological polar surface area (TPSA) is 158 Å². The molecule has 0 spiro atoms. The van der Waals surface area contributed by atoms with E-state index in [1.165, 1.54) is 11.2 Å². The molecule has 214 valence electrons. The summed E-state index contributed by atoms with van der Waals surface area (Å²) in [6.07, 6.45) is 2.40. The summed E-state index contributed by atoms with van der Waals surface area (Å²) in [6.45, 7) is 6.91. The molecule has 2 fully saturated rings. The lowest BCUT2D eigenvalue weighted by molar-refractivity contribution is -0.137. The van der Waals surface area contributed by atoms with Gasteiger partial charge >= 0.3 is 13.2 Å². The van der Waals surface area contributed by atoms with E-state index in [1.54, 1.807) is 12.1 Å². The van der Waals surface area contributed by atoms with Crippen LogP contribution in [0.5, 0.6) is 0 Å². The van der Waals surface area contributed by atoms with Gasteiger partial charge in [-0.15, -0.1) is 0 Å². The summed E-state index contributed by atoms with van der Waals surface area (Å²) < 4.78 is 21.8. The largest absolute Gasteiger partial charge is 0.475 e. The molecule has 0 bridgehead atoms. The molecule has 0 saturated carbocycles. The third-order valence-corrected chi connectivity index (χ3v) is 7.23. The molecule has 2 amide bonds. The van der Waals surface area contributed by atoms with Crippen LogP contribution in [0.25, 0.3) is 11.0 Å². The zero-order valence-electron chi connectivity index (χ0n) is 22.7. The molecule has 3 N–H and O–H groups in total. The second-order valence-corrected chi connectivity index (χ2v) is 10.4. The number of furan rings is 1. The van der Waals surface area contributed by atoms with Gasteiger partial charge in [-0.1, -0.05) is 18.2 Å². The Hall–Kier alpha value is -3.41. The zero-order chi connectivity index (χ0) is 28.7. The van der Waals surface area contributed by atoms with Crippen molar-refractivity contribution in [2.24, 2.45) is 0 Å². The van der Waals surface area contributed by atoms with E-state index < -0.39 is 36.6 Å². The first-order valence-electron chi connectivity index (χ1n) is 13.3. The number of hydrogen-bond donors (Lipinski definition) is 3. The highest BCUT2D eigenvalue weighted by Gasteiger charge is 2.34. The van der Waals surface area contributed by atoms with Gasteiger partial charge in [-0.2, -0.15) is 5.26 Å². The van der Waals surface area contributed by atoms with Crippen molar-refractivity contribution < 1.29 is 38.3 Å². The van der Waals surface area contributed by atoms with Gasteiger partial charge in [0.2, 0.25) is 0 Å². The maximum atomic E-state index is 13.4. The maximum Gasteiger partial charge on any atom is 0.475 e. The van der Waals surface area contributed by atoms with Crippen LogP contribution < -0.4 is 5.32 Å². The standard InChI is InChI=1S/C27H35BN4O8/c1-27(2,31-7-10-37-11-8-31)14-20(15-29)25(33)32-9-12-38-17-21(32)18-40-26(34)30-24(28(35)36)13-19-16-39-23-6-4-3-5-22(19)23/h3-6,14,16,21,24,35-36H,7-13,17-18H2,1-2H3,(H,30,34)/b20-14+/t21-,24+/m1/s1. The Balaban J connectivity index is 1.37. The number of alkyl carbamates (subject to hydrolysis) is 1. The smallest absolute Gasteiger partial charge is 0.464 e. The minimum absolute atomic E-state index is 0.00338. The number of ether oxygens (including phenoxy) is 3. The lowest BCUT2D eigenvalue weighted by Gasteiger charge is -2.39. The molecule has 1 aromatic carbocycles. The molecule has 12 nitrogen and oxygen atoms in total. The average Bonchev–Trinajstić information content (AvgIpc) is 3.37.